The van der Waals surface area contributed by atoms with E-state index in [1.54, 1.807) is 0 Å². The Bertz CT molecular complexity index is 99.2. The van der Waals surface area contributed by atoms with Crippen molar-refractivity contribution in [2.75, 3.05) is 0 Å². The van der Waals surface area contributed by atoms with Gasteiger partial charge in [0, 0.05) is 0 Å². The Kier molecular flexibility index (Phi) is 14.6. The molecule has 0 bridgehead atoms. The minimum atomic E-state index is -5.25. The van der Waals surface area contributed by atoms with E-state index in [4.69, 9.17) is 16.0 Å². The molecule has 7 heavy (non-hydrogen) atoms. The molecule has 2 N–H and O–H groups in total. The van der Waals surface area contributed by atoms with Gasteiger partial charge < -0.3 is 1.43 Å². The second-order valence-corrected chi connectivity index (χ2v) is 2.33. The topological polar surface area (TPSA) is 74.6 Å². The summed E-state index contributed by atoms with van der Waals surface area (Å²) in [6, 6.07) is 0. The average Bonchev–Trinajstić information content (AvgIpc) is 0.722. The van der Waals surface area contributed by atoms with E-state index in [1.807, 2.05) is 0 Å². The van der Waals surface area contributed by atoms with Crippen LogP contribution in [0.25, 0.3) is 0 Å². The molecule has 4 nitrogen and oxygen atoms in total. The van der Waals surface area contributed by atoms with Gasteiger partial charge in [-0.3, -0.25) is 0 Å². The van der Waals surface area contributed by atoms with Gasteiger partial charge in [0.05, 0.1) is 0 Å². The maximum Gasteiger partial charge on any atom is 1.00 e. The average molecular weight is 215 g/mol. The first-order valence-electron chi connectivity index (χ1n) is 0.698. The molecule has 0 atom stereocenters. The van der Waals surface area contributed by atoms with Crippen LogP contribution in [-0.4, -0.2) is 39.1 Å². The van der Waals surface area contributed by atoms with Crippen molar-refractivity contribution in [1.82, 2.24) is 0 Å². The second-order valence-electron chi connectivity index (χ2n) is 0.448. The summed E-state index contributed by atoms with van der Waals surface area (Å²) in [5.41, 5.74) is 0. The first kappa shape index (κ1) is 16.1. The van der Waals surface area contributed by atoms with E-state index >= 15 is 0 Å². The van der Waals surface area contributed by atoms with Crippen LogP contribution in [-0.2, 0) is 7.67 Å². The van der Waals surface area contributed by atoms with Gasteiger partial charge in [-0.05, 0) is 0 Å². The summed E-state index contributed by atoms with van der Waals surface area (Å²) in [5, 5.41) is 0. The van der Waals surface area contributed by atoms with Gasteiger partial charge in [-0.2, -0.15) is 0 Å². The summed E-state index contributed by atoms with van der Waals surface area (Å²) in [6.45, 7) is 0. The van der Waals surface area contributed by atoms with Crippen LogP contribution in [0, 0.1) is 0 Å². The van der Waals surface area contributed by atoms with Gasteiger partial charge in [-0.15, -0.1) is 0 Å². The number of hydrogen-bond acceptors (Lipinski definition) is 2. The molecule has 0 rings (SSSR count). The van der Waals surface area contributed by atoms with Gasteiger partial charge in [0.15, 0.2) is 17.4 Å². The summed E-state index contributed by atoms with van der Waals surface area (Å²) < 4.78 is 31.9. The van der Waals surface area contributed by atoms with Gasteiger partial charge >= 0.3 is 80.8 Å². The summed E-state index contributed by atoms with van der Waals surface area (Å²) >= 11 is -5.25. The third-order valence-electron chi connectivity index (χ3n) is 0. The molecule has 0 aromatic heterocycles. The first-order valence-corrected chi connectivity index (χ1v) is 3.63. The van der Waals surface area contributed by atoms with E-state index in [-0.39, 0.29) is 70.2 Å². The minimum absolute atomic E-state index is 0. The summed E-state index contributed by atoms with van der Waals surface area (Å²) in [7, 11) is 0. The second kappa shape index (κ2) is 6.33. The van der Waals surface area contributed by atoms with Crippen LogP contribution >= 0.6 is 0 Å². The molecule has 0 spiro atoms. The van der Waals surface area contributed by atoms with Crippen molar-refractivity contribution in [2.45, 2.75) is 0 Å². The Morgan fingerprint density at radius 1 is 1.29 bits per heavy atom. The molecule has 0 aromatic carbocycles. The fraction of sp³-hybridized carbons (Fsp3) is 0. The Labute approximate surface area is 97.6 Å². The van der Waals surface area contributed by atoms with E-state index in [0.29, 0.717) is 0 Å². The molecule has 0 amide bonds. The quantitative estimate of drug-likeness (QED) is 0.395. The fourth-order valence-corrected chi connectivity index (χ4v) is 0. The molecule has 7 heteroatoms. The molecule has 0 radical (unpaired) electrons. The number of rotatable bonds is 0. The van der Waals surface area contributed by atoms with Crippen LogP contribution in [0.5, 0.6) is 0 Å². The molecule has 0 aliphatic carbocycles. The van der Waals surface area contributed by atoms with Gasteiger partial charge in [0.2, 0.25) is 0 Å². The fourth-order valence-electron chi connectivity index (χ4n) is 0. The van der Waals surface area contributed by atoms with Gasteiger partial charge in [0.1, 0.15) is 0 Å². The summed E-state index contributed by atoms with van der Waals surface area (Å²) in [5.74, 6) is 0. The molecule has 0 heterocycles. The van der Waals surface area contributed by atoms with Crippen molar-refractivity contribution >= 4 is 30.7 Å². The molecule has 0 aliphatic heterocycles. The minimum Gasteiger partial charge on any atom is -1.00 e. The molecule has 0 aliphatic rings. The molecular weight excluding hydrogens is 209 g/mol. The molecular formula is H6AlKO4Se. The normalized spacial score (nSPS) is 8.29. The van der Waals surface area contributed by atoms with Gasteiger partial charge in [-0.1, -0.05) is 0 Å². The molecule has 0 aromatic rings. The van der Waals surface area contributed by atoms with E-state index in [2.05, 4.69) is 0 Å². The van der Waals surface area contributed by atoms with Crippen LogP contribution < -0.4 is 51.4 Å². The van der Waals surface area contributed by atoms with E-state index in [1.165, 1.54) is 0 Å². The zero-order chi connectivity index (χ0) is 4.50. The SMILES string of the molecule is O=[Se](=O)(O)O.[AlH3].[H-].[K+]. The zero-order valence-electron chi connectivity index (χ0n) is 4.12. The molecule has 0 saturated carbocycles. The van der Waals surface area contributed by atoms with Crippen molar-refractivity contribution < 1.29 is 68.9 Å². The van der Waals surface area contributed by atoms with Gasteiger partial charge in [-0.25, -0.2) is 0 Å². The first-order chi connectivity index (χ1) is 2.00. The predicted octanol–water partition coefficient (Wildman–Crippen LogP) is -5.80. The van der Waals surface area contributed by atoms with Gasteiger partial charge in [0.25, 0.3) is 0 Å². The largest absolute Gasteiger partial charge is 1.00 e. The Hall–Kier alpha value is 2.21. The van der Waals surface area contributed by atoms with Crippen LogP contribution in [0.1, 0.15) is 1.43 Å². The van der Waals surface area contributed by atoms with E-state index in [0.717, 1.165) is 0 Å². The summed E-state index contributed by atoms with van der Waals surface area (Å²) in [4.78, 5) is 0. The van der Waals surface area contributed by atoms with Crippen molar-refractivity contribution in [2.24, 2.45) is 0 Å². The van der Waals surface area contributed by atoms with E-state index in [9.17, 15) is 0 Å². The van der Waals surface area contributed by atoms with Crippen LogP contribution in [0.4, 0.5) is 0 Å². The molecule has 0 saturated heterocycles. The Balaban J connectivity index is -0.0000000267. The van der Waals surface area contributed by atoms with Crippen molar-refractivity contribution in [3.05, 3.63) is 0 Å². The number of hydrogen-bond donors (Lipinski definition) is 2. The molecule has 0 fully saturated rings. The van der Waals surface area contributed by atoms with Crippen molar-refractivity contribution in [3.63, 3.8) is 0 Å². The third-order valence-corrected chi connectivity index (χ3v) is 0. The summed E-state index contributed by atoms with van der Waals surface area (Å²) in [6.07, 6.45) is 0. The zero-order valence-corrected chi connectivity index (χ0v) is 7.96. The van der Waals surface area contributed by atoms with Crippen LogP contribution in [0.3, 0.4) is 0 Å². The van der Waals surface area contributed by atoms with Crippen LogP contribution in [0.15, 0.2) is 0 Å². The Morgan fingerprint density at radius 2 is 1.29 bits per heavy atom. The predicted molar refractivity (Wildman–Crippen MR) is 22.6 cm³/mol. The van der Waals surface area contributed by atoms with Crippen molar-refractivity contribution in [3.8, 4) is 0 Å². The van der Waals surface area contributed by atoms with E-state index < -0.39 is 13.4 Å². The standard InChI is InChI=1S/Al.K.H2O4Se.4H/c;;1-5(2,3)4;;;;/h;;(H2,1,2,3,4);;;;/q;+1;;;;;-1. The molecule has 0 unspecified atom stereocenters. The monoisotopic (exact) mass is 216 g/mol. The smallest absolute Gasteiger partial charge is 1.00 e. The Morgan fingerprint density at radius 3 is 1.29 bits per heavy atom. The van der Waals surface area contributed by atoms with Crippen LogP contribution in [0.2, 0.25) is 0 Å². The molecule has 40 valence electrons. The third kappa shape index (κ3) is 64.9. The maximum absolute atomic E-state index is 8.82. The maximum atomic E-state index is 8.82. The van der Waals surface area contributed by atoms with Crippen molar-refractivity contribution in [1.29, 1.82) is 0 Å².